The first kappa shape index (κ1) is 17.2. The summed E-state index contributed by atoms with van der Waals surface area (Å²) in [6, 6.07) is 8.00. The number of methoxy groups -OCH3 is 1. The van der Waals surface area contributed by atoms with Gasteiger partial charge in [-0.15, -0.1) is 6.58 Å². The first-order valence-corrected chi connectivity index (χ1v) is 7.21. The van der Waals surface area contributed by atoms with Crippen LogP contribution in [0.3, 0.4) is 0 Å². The summed E-state index contributed by atoms with van der Waals surface area (Å²) < 4.78 is 10.4. The molecule has 0 saturated heterocycles. The average Bonchev–Trinajstić information content (AvgIpc) is 2.46. The highest BCUT2D eigenvalue weighted by molar-refractivity contribution is 5.70. The predicted octanol–water partition coefficient (Wildman–Crippen LogP) is 2.72. The van der Waals surface area contributed by atoms with E-state index in [0.717, 1.165) is 17.7 Å². The molecule has 116 valence electrons. The van der Waals surface area contributed by atoms with Gasteiger partial charge in [-0.05, 0) is 38.0 Å². The normalized spacial score (nSPS) is 12.0. The maximum Gasteiger partial charge on any atom is 0.307 e. The van der Waals surface area contributed by atoms with Crippen LogP contribution >= 0.6 is 0 Å². The van der Waals surface area contributed by atoms with E-state index in [-0.39, 0.29) is 18.1 Å². The van der Waals surface area contributed by atoms with E-state index in [9.17, 15) is 4.79 Å². The Labute approximate surface area is 127 Å². The van der Waals surface area contributed by atoms with E-state index in [1.54, 1.807) is 6.08 Å². The lowest BCUT2D eigenvalue weighted by Gasteiger charge is -2.17. The average molecular weight is 291 g/mol. The van der Waals surface area contributed by atoms with E-state index in [1.165, 1.54) is 7.11 Å². The fraction of sp³-hybridized carbons (Fsp3) is 0.471. The van der Waals surface area contributed by atoms with Crippen LogP contribution in [-0.2, 0) is 16.0 Å². The molecular formula is C17H25NO3. The van der Waals surface area contributed by atoms with Gasteiger partial charge in [-0.2, -0.15) is 0 Å². The molecular weight excluding hydrogens is 266 g/mol. The van der Waals surface area contributed by atoms with Crippen molar-refractivity contribution in [3.63, 3.8) is 0 Å². The number of hydrogen-bond acceptors (Lipinski definition) is 4. The Morgan fingerprint density at radius 3 is 2.52 bits per heavy atom. The summed E-state index contributed by atoms with van der Waals surface area (Å²) >= 11 is 0. The number of benzene rings is 1. The number of hydrogen-bond donors (Lipinski definition) is 1. The van der Waals surface area contributed by atoms with Crippen molar-refractivity contribution >= 4 is 5.97 Å². The lowest BCUT2D eigenvalue weighted by atomic mass is 10.0. The Morgan fingerprint density at radius 1 is 1.33 bits per heavy atom. The van der Waals surface area contributed by atoms with Gasteiger partial charge in [-0.1, -0.05) is 18.2 Å². The number of carbonyl (C=O) groups is 1. The largest absolute Gasteiger partial charge is 0.491 e. The van der Waals surface area contributed by atoms with E-state index in [4.69, 9.17) is 9.47 Å². The molecule has 0 radical (unpaired) electrons. The zero-order chi connectivity index (χ0) is 15.7. The van der Waals surface area contributed by atoms with Crippen LogP contribution in [0.5, 0.6) is 5.75 Å². The molecule has 0 aliphatic rings. The third-order valence-electron chi connectivity index (χ3n) is 2.97. The maximum atomic E-state index is 11.4. The van der Waals surface area contributed by atoms with Gasteiger partial charge in [0.2, 0.25) is 0 Å². The lowest BCUT2D eigenvalue weighted by Crippen LogP contribution is -2.33. The minimum Gasteiger partial charge on any atom is -0.491 e. The van der Waals surface area contributed by atoms with Crippen molar-refractivity contribution in [1.82, 2.24) is 5.32 Å². The Morgan fingerprint density at radius 2 is 2.00 bits per heavy atom. The van der Waals surface area contributed by atoms with Crippen LogP contribution in [0.4, 0.5) is 0 Å². The molecule has 4 nitrogen and oxygen atoms in total. The number of esters is 1. The Balaban J connectivity index is 2.63. The molecule has 0 aliphatic carbocycles. The van der Waals surface area contributed by atoms with E-state index >= 15 is 0 Å². The van der Waals surface area contributed by atoms with Gasteiger partial charge in [0.15, 0.2) is 0 Å². The van der Waals surface area contributed by atoms with Gasteiger partial charge in [-0.25, -0.2) is 0 Å². The van der Waals surface area contributed by atoms with E-state index in [1.807, 2.05) is 38.1 Å². The highest BCUT2D eigenvalue weighted by atomic mass is 16.5. The predicted molar refractivity (Wildman–Crippen MR) is 84.5 cm³/mol. The van der Waals surface area contributed by atoms with Crippen molar-refractivity contribution in [1.29, 1.82) is 0 Å². The zero-order valence-corrected chi connectivity index (χ0v) is 13.1. The Bertz CT molecular complexity index is 440. The first-order chi connectivity index (χ1) is 10.0. The second-order valence-electron chi connectivity index (χ2n) is 5.19. The SMILES string of the molecule is C=CCNC(CC(=O)OC)Cc1ccc(OC(C)C)cc1. The molecule has 0 fully saturated rings. The van der Waals surface area contributed by atoms with Crippen LogP contribution in [0.1, 0.15) is 25.8 Å². The highest BCUT2D eigenvalue weighted by Gasteiger charge is 2.14. The molecule has 1 unspecified atom stereocenters. The molecule has 21 heavy (non-hydrogen) atoms. The molecule has 1 N–H and O–H groups in total. The molecule has 1 atom stereocenters. The molecule has 0 saturated carbocycles. The molecule has 0 aliphatic heterocycles. The number of ether oxygens (including phenoxy) is 2. The highest BCUT2D eigenvalue weighted by Crippen LogP contribution is 2.15. The van der Waals surface area contributed by atoms with Crippen molar-refractivity contribution in [2.45, 2.75) is 38.8 Å². The molecule has 0 heterocycles. The second kappa shape index (κ2) is 9.19. The van der Waals surface area contributed by atoms with Crippen molar-refractivity contribution in [2.75, 3.05) is 13.7 Å². The number of rotatable bonds is 9. The van der Waals surface area contributed by atoms with Gasteiger partial charge < -0.3 is 14.8 Å². The third-order valence-corrected chi connectivity index (χ3v) is 2.97. The van der Waals surface area contributed by atoms with Gasteiger partial charge in [-0.3, -0.25) is 4.79 Å². The van der Waals surface area contributed by atoms with Crippen LogP contribution in [-0.4, -0.2) is 31.8 Å². The fourth-order valence-corrected chi connectivity index (χ4v) is 2.01. The Kier molecular flexibility index (Phi) is 7.54. The van der Waals surface area contributed by atoms with E-state index in [2.05, 4.69) is 11.9 Å². The number of nitrogens with one attached hydrogen (secondary N) is 1. The van der Waals surface area contributed by atoms with Gasteiger partial charge in [0.25, 0.3) is 0 Å². The van der Waals surface area contributed by atoms with Crippen LogP contribution in [0.25, 0.3) is 0 Å². The molecule has 4 heteroatoms. The van der Waals surface area contributed by atoms with E-state index in [0.29, 0.717) is 13.0 Å². The van der Waals surface area contributed by atoms with Gasteiger partial charge >= 0.3 is 5.97 Å². The van der Waals surface area contributed by atoms with Crippen LogP contribution in [0.15, 0.2) is 36.9 Å². The maximum absolute atomic E-state index is 11.4. The lowest BCUT2D eigenvalue weighted by molar-refractivity contribution is -0.141. The molecule has 0 spiro atoms. The molecule has 0 aromatic heterocycles. The van der Waals surface area contributed by atoms with Gasteiger partial charge in [0.1, 0.15) is 5.75 Å². The van der Waals surface area contributed by atoms with Crippen molar-refractivity contribution in [2.24, 2.45) is 0 Å². The minimum atomic E-state index is -0.212. The summed E-state index contributed by atoms with van der Waals surface area (Å²) in [6.45, 7) is 8.34. The topological polar surface area (TPSA) is 47.6 Å². The summed E-state index contributed by atoms with van der Waals surface area (Å²) in [5, 5.41) is 3.28. The summed E-state index contributed by atoms with van der Waals surface area (Å²) in [6.07, 6.45) is 3.04. The molecule has 1 rings (SSSR count). The fourth-order valence-electron chi connectivity index (χ4n) is 2.01. The van der Waals surface area contributed by atoms with Crippen LogP contribution in [0, 0.1) is 0 Å². The van der Waals surface area contributed by atoms with Crippen LogP contribution < -0.4 is 10.1 Å². The number of carbonyl (C=O) groups excluding carboxylic acids is 1. The summed E-state index contributed by atoms with van der Waals surface area (Å²) in [5.74, 6) is 0.647. The molecule has 0 amide bonds. The summed E-state index contributed by atoms with van der Waals surface area (Å²) in [7, 11) is 1.41. The van der Waals surface area contributed by atoms with Gasteiger partial charge in [0.05, 0.1) is 19.6 Å². The summed E-state index contributed by atoms with van der Waals surface area (Å²) in [4.78, 5) is 11.4. The van der Waals surface area contributed by atoms with E-state index < -0.39 is 0 Å². The second-order valence-corrected chi connectivity index (χ2v) is 5.19. The Hall–Kier alpha value is -1.81. The van der Waals surface area contributed by atoms with Crippen molar-refractivity contribution < 1.29 is 14.3 Å². The standard InChI is InChI=1S/C17H25NO3/c1-5-10-18-15(12-17(19)20-4)11-14-6-8-16(9-7-14)21-13(2)3/h5-9,13,15,18H,1,10-12H2,2-4H3. The van der Waals surface area contributed by atoms with Crippen molar-refractivity contribution in [3.8, 4) is 5.75 Å². The quantitative estimate of drug-likeness (QED) is 0.561. The summed E-state index contributed by atoms with van der Waals surface area (Å²) in [5.41, 5.74) is 1.15. The molecule has 1 aromatic carbocycles. The van der Waals surface area contributed by atoms with Crippen molar-refractivity contribution in [3.05, 3.63) is 42.5 Å². The minimum absolute atomic E-state index is 0.0346. The van der Waals surface area contributed by atoms with Gasteiger partial charge in [0, 0.05) is 12.6 Å². The monoisotopic (exact) mass is 291 g/mol. The smallest absolute Gasteiger partial charge is 0.307 e. The zero-order valence-electron chi connectivity index (χ0n) is 13.1. The third kappa shape index (κ3) is 6.95. The van der Waals surface area contributed by atoms with Crippen LogP contribution in [0.2, 0.25) is 0 Å². The molecule has 0 bridgehead atoms. The first-order valence-electron chi connectivity index (χ1n) is 7.21. The molecule has 1 aromatic rings.